The van der Waals surface area contributed by atoms with Gasteiger partial charge < -0.3 is 9.64 Å². The lowest BCUT2D eigenvalue weighted by Gasteiger charge is -2.35. The van der Waals surface area contributed by atoms with Gasteiger partial charge in [0.15, 0.2) is 5.69 Å². The fourth-order valence-corrected chi connectivity index (χ4v) is 5.38. The lowest BCUT2D eigenvalue weighted by molar-refractivity contribution is 0.0575. The third-order valence-electron chi connectivity index (χ3n) is 6.70. The largest absolute Gasteiger partial charge is 0.494 e. The van der Waals surface area contributed by atoms with Gasteiger partial charge in [0.2, 0.25) is 0 Å². The molecule has 1 aliphatic rings. The number of aromatic nitrogens is 3. The normalized spacial score (nSPS) is 15.9. The van der Waals surface area contributed by atoms with E-state index < -0.39 is 0 Å². The molecule has 36 heavy (non-hydrogen) atoms. The van der Waals surface area contributed by atoms with Crippen molar-refractivity contribution in [3.8, 4) is 5.75 Å². The van der Waals surface area contributed by atoms with E-state index >= 15 is 0 Å². The summed E-state index contributed by atoms with van der Waals surface area (Å²) in [7, 11) is 2.13. The molecule has 1 atom stereocenters. The first-order chi connectivity index (χ1) is 17.7. The number of benzene rings is 2. The average Bonchev–Trinajstić information content (AvgIpc) is 3.44. The zero-order valence-corrected chi connectivity index (χ0v) is 21.4. The number of carbonyl (C=O) groups is 1. The molecule has 0 radical (unpaired) electrons. The highest BCUT2D eigenvalue weighted by atomic mass is 32.1. The number of hydrogen-bond donors (Lipinski definition) is 0. The predicted octanol–water partition coefficient (Wildman–Crippen LogP) is 5.18. The molecular weight excluding hydrogens is 470 g/mol. The van der Waals surface area contributed by atoms with Crippen LogP contribution >= 0.6 is 11.7 Å². The molecule has 0 saturated carbocycles. The summed E-state index contributed by atoms with van der Waals surface area (Å²) in [5.41, 5.74) is 3.94. The Balaban J connectivity index is 1.15. The number of nitrogens with zero attached hydrogens (tertiary/aromatic N) is 5. The van der Waals surface area contributed by atoms with Gasteiger partial charge in [-0.2, -0.15) is 8.75 Å². The number of carbonyl (C=O) groups excluding carboxylic acids is 1. The van der Waals surface area contributed by atoms with Crippen molar-refractivity contribution in [3.05, 3.63) is 83.8 Å². The van der Waals surface area contributed by atoms with Crippen LogP contribution in [-0.2, 0) is 13.1 Å². The lowest BCUT2D eigenvalue weighted by Crippen LogP contribution is -2.44. The first-order valence-electron chi connectivity index (χ1n) is 12.5. The van der Waals surface area contributed by atoms with Crippen LogP contribution in [0.3, 0.4) is 0 Å². The highest BCUT2D eigenvalue weighted by Crippen LogP contribution is 2.23. The van der Waals surface area contributed by atoms with Crippen LogP contribution in [0.4, 0.5) is 0 Å². The van der Waals surface area contributed by atoms with Crippen molar-refractivity contribution < 1.29 is 9.53 Å². The number of ether oxygens (including phenoxy) is 1. The molecule has 5 rings (SSSR count). The molecule has 8 heteroatoms. The Hall–Kier alpha value is -3.36. The van der Waals surface area contributed by atoms with Crippen LogP contribution in [0.5, 0.6) is 5.75 Å². The molecule has 1 unspecified atom stereocenters. The number of pyridine rings is 1. The molecule has 7 nitrogen and oxygen atoms in total. The Labute approximate surface area is 216 Å². The second-order valence-corrected chi connectivity index (χ2v) is 9.95. The molecular formula is C28H31N5O2S. The zero-order valence-electron chi connectivity index (χ0n) is 20.5. The van der Waals surface area contributed by atoms with Gasteiger partial charge in [0.1, 0.15) is 5.75 Å². The van der Waals surface area contributed by atoms with E-state index in [9.17, 15) is 4.79 Å². The Bertz CT molecular complexity index is 1290. The minimum Gasteiger partial charge on any atom is -0.494 e. The molecule has 0 aliphatic carbocycles. The quantitative estimate of drug-likeness (QED) is 0.315. The molecule has 4 aromatic rings. The maximum atomic E-state index is 12.8. The molecule has 0 spiro atoms. The molecule has 3 heterocycles. The number of rotatable bonds is 9. The molecule has 2 aromatic heterocycles. The standard InChI is InChI=1S/C28H31N5O2S/c1-32(20-23-9-5-8-22-10-6-14-29-27(22)23)19-21-7-4-12-25(17-21)35-16-13-24-11-2-3-15-33(24)28(34)26-18-30-36-31-26/h4-10,12,14,17-18,24H,2-3,11,13,15-16,19-20H2,1H3. The zero-order chi connectivity index (χ0) is 24.7. The van der Waals surface area contributed by atoms with E-state index in [4.69, 9.17) is 4.74 Å². The van der Waals surface area contributed by atoms with Gasteiger partial charge in [0.25, 0.3) is 5.91 Å². The van der Waals surface area contributed by atoms with E-state index in [2.05, 4.69) is 62.1 Å². The molecule has 1 saturated heterocycles. The van der Waals surface area contributed by atoms with Gasteiger partial charge in [0, 0.05) is 43.7 Å². The fraction of sp³-hybridized carbons (Fsp3) is 0.357. The summed E-state index contributed by atoms with van der Waals surface area (Å²) < 4.78 is 14.2. The molecule has 186 valence electrons. The topological polar surface area (TPSA) is 71.5 Å². The second kappa shape index (κ2) is 11.6. The van der Waals surface area contributed by atoms with Crippen molar-refractivity contribution in [2.75, 3.05) is 20.2 Å². The van der Waals surface area contributed by atoms with Gasteiger partial charge in [-0.05, 0) is 55.6 Å². The SMILES string of the molecule is CN(Cc1cccc(OCCC2CCCCN2C(=O)c2cnsn2)c1)Cc1cccc2cccnc12. The lowest BCUT2D eigenvalue weighted by atomic mass is 9.99. The third kappa shape index (κ3) is 5.88. The second-order valence-electron chi connectivity index (χ2n) is 9.39. The molecule has 1 amide bonds. The monoisotopic (exact) mass is 501 g/mol. The highest BCUT2D eigenvalue weighted by molar-refractivity contribution is 6.99. The van der Waals surface area contributed by atoms with Crippen molar-refractivity contribution >= 4 is 28.5 Å². The van der Waals surface area contributed by atoms with E-state index in [1.54, 1.807) is 6.20 Å². The summed E-state index contributed by atoms with van der Waals surface area (Å²) in [5.74, 6) is 0.852. The summed E-state index contributed by atoms with van der Waals surface area (Å²) in [6.07, 6.45) is 7.39. The van der Waals surface area contributed by atoms with Gasteiger partial charge in [0.05, 0.1) is 30.0 Å². The summed E-state index contributed by atoms with van der Waals surface area (Å²) in [6.45, 7) is 2.98. The van der Waals surface area contributed by atoms with Crippen LogP contribution < -0.4 is 4.74 Å². The molecule has 1 fully saturated rings. The summed E-state index contributed by atoms with van der Waals surface area (Å²) in [5, 5.41) is 1.17. The van der Waals surface area contributed by atoms with Gasteiger partial charge in [-0.25, -0.2) is 0 Å². The van der Waals surface area contributed by atoms with Crippen LogP contribution in [0.25, 0.3) is 10.9 Å². The van der Waals surface area contributed by atoms with Crippen LogP contribution in [0.1, 0.15) is 47.3 Å². The van der Waals surface area contributed by atoms with Gasteiger partial charge in [-0.3, -0.25) is 14.7 Å². The van der Waals surface area contributed by atoms with Crippen molar-refractivity contribution in [1.82, 2.24) is 23.5 Å². The van der Waals surface area contributed by atoms with E-state index in [1.807, 2.05) is 29.3 Å². The number of para-hydroxylation sites is 1. The first-order valence-corrected chi connectivity index (χ1v) is 13.2. The molecule has 0 bridgehead atoms. The third-order valence-corrected chi connectivity index (χ3v) is 7.17. The predicted molar refractivity (Wildman–Crippen MR) is 142 cm³/mol. The Morgan fingerprint density at radius 2 is 2.03 bits per heavy atom. The fourth-order valence-electron chi connectivity index (χ4n) is 4.97. The van der Waals surface area contributed by atoms with Gasteiger partial charge in [-0.1, -0.05) is 36.4 Å². The summed E-state index contributed by atoms with van der Waals surface area (Å²) in [6, 6.07) is 18.9. The molecule has 1 aliphatic heterocycles. The van der Waals surface area contributed by atoms with Crippen LogP contribution in [0.2, 0.25) is 0 Å². The van der Waals surface area contributed by atoms with E-state index in [0.29, 0.717) is 12.3 Å². The summed E-state index contributed by atoms with van der Waals surface area (Å²) >= 11 is 1.08. The van der Waals surface area contributed by atoms with Crippen LogP contribution in [-0.4, -0.2) is 55.7 Å². The maximum Gasteiger partial charge on any atom is 0.275 e. The van der Waals surface area contributed by atoms with Gasteiger partial charge in [-0.15, -0.1) is 0 Å². The number of piperidine rings is 1. The van der Waals surface area contributed by atoms with Crippen LogP contribution in [0, 0.1) is 0 Å². The number of hydrogen-bond acceptors (Lipinski definition) is 7. The van der Waals surface area contributed by atoms with E-state index in [-0.39, 0.29) is 11.9 Å². The first kappa shape index (κ1) is 24.3. The summed E-state index contributed by atoms with van der Waals surface area (Å²) in [4.78, 5) is 21.7. The number of amides is 1. The van der Waals surface area contributed by atoms with Gasteiger partial charge >= 0.3 is 0 Å². The average molecular weight is 502 g/mol. The van der Waals surface area contributed by atoms with Crippen molar-refractivity contribution in [3.63, 3.8) is 0 Å². The van der Waals surface area contributed by atoms with Crippen molar-refractivity contribution in [2.45, 2.75) is 44.8 Å². The Morgan fingerprint density at radius 3 is 2.92 bits per heavy atom. The van der Waals surface area contributed by atoms with Crippen LogP contribution in [0.15, 0.2) is 67.0 Å². The van der Waals surface area contributed by atoms with E-state index in [1.165, 1.54) is 16.5 Å². The molecule has 2 aromatic carbocycles. The highest BCUT2D eigenvalue weighted by Gasteiger charge is 2.28. The Kier molecular flexibility index (Phi) is 7.83. The van der Waals surface area contributed by atoms with E-state index in [0.717, 1.165) is 68.3 Å². The van der Waals surface area contributed by atoms with Crippen molar-refractivity contribution in [2.24, 2.45) is 0 Å². The molecule has 0 N–H and O–H groups in total. The smallest absolute Gasteiger partial charge is 0.275 e. The van der Waals surface area contributed by atoms with Crippen molar-refractivity contribution in [1.29, 1.82) is 0 Å². The number of likely N-dealkylation sites (tertiary alicyclic amines) is 1. The number of fused-ring (bicyclic) bond motifs is 1. The Morgan fingerprint density at radius 1 is 1.14 bits per heavy atom. The maximum absolute atomic E-state index is 12.8. The minimum absolute atomic E-state index is 0.0140. The minimum atomic E-state index is -0.0140.